The summed E-state index contributed by atoms with van der Waals surface area (Å²) in [7, 11) is 0. The van der Waals surface area contributed by atoms with Crippen LogP contribution in [0.2, 0.25) is 0 Å². The number of hydrogen-bond donors (Lipinski definition) is 2. The van der Waals surface area contributed by atoms with Gasteiger partial charge in [-0.2, -0.15) is 18.3 Å². The van der Waals surface area contributed by atoms with E-state index < -0.39 is 23.2 Å². The van der Waals surface area contributed by atoms with Crippen molar-refractivity contribution in [3.8, 4) is 5.69 Å². The van der Waals surface area contributed by atoms with Crippen molar-refractivity contribution >= 4 is 17.5 Å². The third-order valence-electron chi connectivity index (χ3n) is 3.96. The molecular formula is C19H25F3N6O2. The molecule has 2 rings (SSSR count). The van der Waals surface area contributed by atoms with Crippen LogP contribution in [0.25, 0.3) is 5.69 Å². The number of carbonyl (C=O) groups is 2. The summed E-state index contributed by atoms with van der Waals surface area (Å²) in [5.41, 5.74) is -1.14. The van der Waals surface area contributed by atoms with E-state index in [1.165, 1.54) is 23.4 Å². The lowest BCUT2D eigenvalue weighted by Crippen LogP contribution is -2.47. The Kier molecular flexibility index (Phi) is 7.19. The second-order valence-corrected chi connectivity index (χ2v) is 7.72. The fraction of sp³-hybridized carbons (Fsp3) is 0.474. The average Bonchev–Trinajstić information content (AvgIpc) is 3.13. The van der Waals surface area contributed by atoms with Gasteiger partial charge in [0.2, 0.25) is 11.8 Å². The van der Waals surface area contributed by atoms with Crippen LogP contribution in [0.1, 0.15) is 33.3 Å². The molecule has 0 aliphatic rings. The molecule has 0 aliphatic heterocycles. The highest BCUT2D eigenvalue weighted by atomic mass is 19.4. The van der Waals surface area contributed by atoms with Crippen molar-refractivity contribution in [2.75, 3.05) is 25.0 Å². The van der Waals surface area contributed by atoms with Crippen LogP contribution in [0.15, 0.2) is 30.9 Å². The van der Waals surface area contributed by atoms with E-state index in [9.17, 15) is 22.8 Å². The molecule has 0 fully saturated rings. The number of carbonyl (C=O) groups excluding carboxylic acids is 2. The van der Waals surface area contributed by atoms with E-state index in [1.54, 1.807) is 11.8 Å². The third-order valence-corrected chi connectivity index (χ3v) is 3.96. The Morgan fingerprint density at radius 3 is 2.33 bits per heavy atom. The molecule has 1 heterocycles. The molecule has 2 amide bonds. The van der Waals surface area contributed by atoms with Crippen LogP contribution in [0.4, 0.5) is 18.9 Å². The second-order valence-electron chi connectivity index (χ2n) is 7.72. The summed E-state index contributed by atoms with van der Waals surface area (Å²) >= 11 is 0. The van der Waals surface area contributed by atoms with Crippen LogP contribution < -0.4 is 10.6 Å². The van der Waals surface area contributed by atoms with E-state index in [1.807, 2.05) is 20.8 Å². The normalized spacial score (nSPS) is 12.1. The summed E-state index contributed by atoms with van der Waals surface area (Å²) in [5, 5.41) is 9.21. The summed E-state index contributed by atoms with van der Waals surface area (Å²) in [5.74, 6) is -0.805. The highest BCUT2D eigenvalue weighted by Gasteiger charge is 2.31. The molecule has 0 atom stereocenters. The van der Waals surface area contributed by atoms with Crippen molar-refractivity contribution in [1.82, 2.24) is 25.0 Å². The van der Waals surface area contributed by atoms with Gasteiger partial charge in [0.15, 0.2) is 0 Å². The Labute approximate surface area is 172 Å². The molecule has 0 radical (unpaired) electrons. The van der Waals surface area contributed by atoms with Crippen LogP contribution in [0, 0.1) is 0 Å². The van der Waals surface area contributed by atoms with Crippen LogP contribution in [0.5, 0.6) is 0 Å². The first-order valence-corrected chi connectivity index (χ1v) is 9.28. The molecule has 30 heavy (non-hydrogen) atoms. The van der Waals surface area contributed by atoms with Crippen molar-refractivity contribution in [3.05, 3.63) is 36.4 Å². The molecule has 1 aromatic carbocycles. The van der Waals surface area contributed by atoms with E-state index in [0.29, 0.717) is 6.54 Å². The number of halogens is 3. The number of rotatable bonds is 7. The molecule has 1 aromatic heterocycles. The highest BCUT2D eigenvalue weighted by molar-refractivity contribution is 5.94. The lowest BCUT2D eigenvalue weighted by Gasteiger charge is -2.24. The predicted octanol–water partition coefficient (Wildman–Crippen LogP) is 2.46. The monoisotopic (exact) mass is 426 g/mol. The zero-order valence-electron chi connectivity index (χ0n) is 17.2. The molecule has 11 heteroatoms. The molecule has 164 valence electrons. The largest absolute Gasteiger partial charge is 0.416 e. The van der Waals surface area contributed by atoms with E-state index >= 15 is 0 Å². The fourth-order valence-corrected chi connectivity index (χ4v) is 2.68. The number of benzene rings is 1. The smallest absolute Gasteiger partial charge is 0.350 e. The molecule has 0 saturated carbocycles. The van der Waals surface area contributed by atoms with Crippen LogP contribution in [-0.2, 0) is 15.8 Å². The number of nitrogens with one attached hydrogen (secondary N) is 2. The maximum atomic E-state index is 13.1. The topological polar surface area (TPSA) is 92.2 Å². The van der Waals surface area contributed by atoms with Gasteiger partial charge in [0.1, 0.15) is 12.7 Å². The molecule has 0 aliphatic carbocycles. The first kappa shape index (κ1) is 23.3. The molecule has 0 bridgehead atoms. The second kappa shape index (κ2) is 9.24. The molecular weight excluding hydrogens is 401 g/mol. The van der Waals surface area contributed by atoms with Gasteiger partial charge in [0.25, 0.3) is 0 Å². The molecule has 0 saturated heterocycles. The van der Waals surface area contributed by atoms with E-state index in [-0.39, 0.29) is 30.4 Å². The Morgan fingerprint density at radius 2 is 1.80 bits per heavy atom. The standard InChI is InChI=1S/C19H25F3N6O2/c1-5-27(10-17(30)26-18(2,3)4)9-16(29)25-14-8-13(19(20,21)22)6-7-15(14)28-12-23-11-24-28/h6-8,11-12H,5,9-10H2,1-4H3,(H,25,29)(H,26,30). The van der Waals surface area contributed by atoms with Gasteiger partial charge in [-0.3, -0.25) is 14.5 Å². The number of hydrogen-bond acceptors (Lipinski definition) is 5. The van der Waals surface area contributed by atoms with Gasteiger partial charge in [-0.05, 0) is 45.5 Å². The summed E-state index contributed by atoms with van der Waals surface area (Å²) in [6.07, 6.45) is -2.02. The minimum Gasteiger partial charge on any atom is -0.350 e. The van der Waals surface area contributed by atoms with Gasteiger partial charge in [-0.1, -0.05) is 6.92 Å². The van der Waals surface area contributed by atoms with Crippen LogP contribution in [-0.4, -0.2) is 56.7 Å². The average molecular weight is 426 g/mol. The van der Waals surface area contributed by atoms with Gasteiger partial charge in [-0.15, -0.1) is 0 Å². The number of aromatic nitrogens is 3. The lowest BCUT2D eigenvalue weighted by atomic mass is 10.1. The Balaban J connectivity index is 2.17. The zero-order chi connectivity index (χ0) is 22.5. The maximum Gasteiger partial charge on any atom is 0.416 e. The number of likely N-dealkylation sites (N-methyl/N-ethyl adjacent to an activating group) is 1. The SMILES string of the molecule is CCN(CC(=O)Nc1cc(C(F)(F)F)ccc1-n1cncn1)CC(=O)NC(C)(C)C. The number of anilines is 1. The summed E-state index contributed by atoms with van der Waals surface area (Å²) < 4.78 is 40.6. The third kappa shape index (κ3) is 6.83. The molecule has 0 unspecified atom stereocenters. The van der Waals surface area contributed by atoms with E-state index in [2.05, 4.69) is 20.7 Å². The van der Waals surface area contributed by atoms with E-state index in [4.69, 9.17) is 0 Å². The van der Waals surface area contributed by atoms with Crippen molar-refractivity contribution in [1.29, 1.82) is 0 Å². The first-order chi connectivity index (χ1) is 13.9. The highest BCUT2D eigenvalue weighted by Crippen LogP contribution is 2.33. The minimum atomic E-state index is -4.57. The Bertz CT molecular complexity index is 875. The Morgan fingerprint density at radius 1 is 1.13 bits per heavy atom. The maximum absolute atomic E-state index is 13.1. The Hall–Kier alpha value is -2.95. The molecule has 2 N–H and O–H groups in total. The predicted molar refractivity (Wildman–Crippen MR) is 105 cm³/mol. The van der Waals surface area contributed by atoms with Gasteiger partial charge in [-0.25, -0.2) is 9.67 Å². The molecule has 8 nitrogen and oxygen atoms in total. The van der Waals surface area contributed by atoms with Crippen LogP contribution in [0.3, 0.4) is 0 Å². The van der Waals surface area contributed by atoms with Gasteiger partial charge >= 0.3 is 6.18 Å². The first-order valence-electron chi connectivity index (χ1n) is 9.28. The molecule has 0 spiro atoms. The number of alkyl halides is 3. The van der Waals surface area contributed by atoms with Gasteiger partial charge < -0.3 is 10.6 Å². The van der Waals surface area contributed by atoms with E-state index in [0.717, 1.165) is 12.1 Å². The number of nitrogens with zero attached hydrogens (tertiary/aromatic N) is 4. The minimum absolute atomic E-state index is 0.0142. The zero-order valence-corrected chi connectivity index (χ0v) is 17.2. The molecule has 2 aromatic rings. The van der Waals surface area contributed by atoms with Crippen molar-refractivity contribution in [2.45, 2.75) is 39.4 Å². The quantitative estimate of drug-likeness (QED) is 0.710. The van der Waals surface area contributed by atoms with Crippen LogP contribution >= 0.6 is 0 Å². The van der Waals surface area contributed by atoms with Gasteiger partial charge in [0, 0.05) is 5.54 Å². The lowest BCUT2D eigenvalue weighted by molar-refractivity contribution is -0.137. The fourth-order valence-electron chi connectivity index (χ4n) is 2.68. The van der Waals surface area contributed by atoms with Gasteiger partial charge in [0.05, 0.1) is 30.0 Å². The van der Waals surface area contributed by atoms with Crippen molar-refractivity contribution < 1.29 is 22.8 Å². The summed E-state index contributed by atoms with van der Waals surface area (Å²) in [6, 6.07) is 2.96. The summed E-state index contributed by atoms with van der Waals surface area (Å²) in [4.78, 5) is 30.0. The number of amides is 2. The van der Waals surface area contributed by atoms with Crippen molar-refractivity contribution in [3.63, 3.8) is 0 Å². The summed E-state index contributed by atoms with van der Waals surface area (Å²) in [6.45, 7) is 7.53. The van der Waals surface area contributed by atoms with Crippen molar-refractivity contribution in [2.24, 2.45) is 0 Å².